The van der Waals surface area contributed by atoms with Crippen molar-refractivity contribution in [1.29, 1.82) is 0 Å². The molecule has 0 saturated heterocycles. The summed E-state index contributed by atoms with van der Waals surface area (Å²) in [5.41, 5.74) is 0. The summed E-state index contributed by atoms with van der Waals surface area (Å²) < 4.78 is 0. The van der Waals surface area contributed by atoms with Crippen molar-refractivity contribution >= 4 is 11.8 Å². The average Bonchev–Trinajstić information content (AvgIpc) is 2.63. The highest BCUT2D eigenvalue weighted by Gasteiger charge is 2.05. The van der Waals surface area contributed by atoms with Gasteiger partial charge in [0.1, 0.15) is 0 Å². The molecular formula is C23H38OS. The molecule has 0 aromatic carbocycles. The molecule has 1 unspecified atom stereocenters. The van der Waals surface area contributed by atoms with Crippen LogP contribution in [0.4, 0.5) is 0 Å². The summed E-state index contributed by atoms with van der Waals surface area (Å²) in [6, 6.07) is 0. The lowest BCUT2D eigenvalue weighted by atomic mass is 10.2. The van der Waals surface area contributed by atoms with Crippen molar-refractivity contribution in [2.75, 3.05) is 12.4 Å². The third kappa shape index (κ3) is 19.2. The topological polar surface area (TPSA) is 20.2 Å². The number of rotatable bonds is 16. The molecule has 142 valence electrons. The van der Waals surface area contributed by atoms with Crippen LogP contribution in [0.15, 0.2) is 60.8 Å². The maximum absolute atomic E-state index is 9.31. The molecule has 1 nitrogen and oxygen atoms in total. The summed E-state index contributed by atoms with van der Waals surface area (Å²) in [6.07, 6.45) is 30.8. The van der Waals surface area contributed by atoms with Gasteiger partial charge in [-0.3, -0.25) is 0 Å². The van der Waals surface area contributed by atoms with E-state index in [0.29, 0.717) is 11.9 Å². The van der Waals surface area contributed by atoms with Crippen molar-refractivity contribution in [3.8, 4) is 0 Å². The molecule has 0 heterocycles. The smallest absolute Gasteiger partial charge is 0.0550 e. The van der Waals surface area contributed by atoms with E-state index in [1.807, 2.05) is 11.8 Å². The molecule has 0 saturated carbocycles. The van der Waals surface area contributed by atoms with Crippen LogP contribution in [0.25, 0.3) is 0 Å². The predicted molar refractivity (Wildman–Crippen MR) is 117 cm³/mol. The van der Waals surface area contributed by atoms with E-state index < -0.39 is 0 Å². The highest BCUT2D eigenvalue weighted by Crippen LogP contribution is 2.17. The van der Waals surface area contributed by atoms with Crippen LogP contribution in [0, 0.1) is 0 Å². The highest BCUT2D eigenvalue weighted by atomic mass is 32.2. The fourth-order valence-electron chi connectivity index (χ4n) is 2.16. The van der Waals surface area contributed by atoms with Crippen LogP contribution < -0.4 is 0 Å². The molecular weight excluding hydrogens is 324 g/mol. The molecule has 0 aliphatic rings. The van der Waals surface area contributed by atoms with Crippen molar-refractivity contribution in [3.05, 3.63) is 60.8 Å². The second kappa shape index (κ2) is 21.1. The van der Waals surface area contributed by atoms with Crippen LogP contribution in [0.1, 0.15) is 65.2 Å². The first-order valence-electron chi connectivity index (χ1n) is 9.82. The zero-order chi connectivity index (χ0) is 18.4. The quantitative estimate of drug-likeness (QED) is 0.298. The highest BCUT2D eigenvalue weighted by molar-refractivity contribution is 7.99. The Morgan fingerprint density at radius 3 is 1.64 bits per heavy atom. The normalized spacial score (nSPS) is 14.2. The molecule has 0 fully saturated rings. The molecule has 1 atom stereocenters. The molecule has 0 spiro atoms. The van der Waals surface area contributed by atoms with Gasteiger partial charge in [-0.15, -0.1) is 0 Å². The minimum absolute atomic E-state index is 0.301. The zero-order valence-corrected chi connectivity index (χ0v) is 17.1. The summed E-state index contributed by atoms with van der Waals surface area (Å²) in [6.45, 7) is 4.65. The van der Waals surface area contributed by atoms with Crippen LogP contribution in [-0.2, 0) is 0 Å². The summed E-state index contributed by atoms with van der Waals surface area (Å²) in [5, 5.41) is 9.71. The standard InChI is InChI=1S/C23H38OS/c1-3-5-6-7-8-9-10-11-12-13-14-15-16-17-18-19-20-23(22-24)25-21-4-2/h5-6,8-9,11-12,14-15,17-18,23-24H,3-4,7,10,13,16,19-22H2,1-2H3. The second-order valence-corrected chi connectivity index (χ2v) is 7.37. The Morgan fingerprint density at radius 1 is 0.720 bits per heavy atom. The van der Waals surface area contributed by atoms with Gasteiger partial charge in [-0.25, -0.2) is 0 Å². The fourth-order valence-corrected chi connectivity index (χ4v) is 3.14. The van der Waals surface area contributed by atoms with Crippen LogP contribution >= 0.6 is 11.8 Å². The van der Waals surface area contributed by atoms with Gasteiger partial charge in [0.05, 0.1) is 6.61 Å². The maximum atomic E-state index is 9.31. The molecule has 0 aliphatic heterocycles. The van der Waals surface area contributed by atoms with E-state index in [0.717, 1.165) is 50.7 Å². The lowest BCUT2D eigenvalue weighted by Crippen LogP contribution is -2.08. The number of allylic oxidation sites excluding steroid dienone is 10. The summed E-state index contributed by atoms with van der Waals surface area (Å²) in [4.78, 5) is 0. The molecule has 25 heavy (non-hydrogen) atoms. The second-order valence-electron chi connectivity index (χ2n) is 5.96. The lowest BCUT2D eigenvalue weighted by Gasteiger charge is -2.11. The number of aliphatic hydroxyl groups excluding tert-OH is 1. The van der Waals surface area contributed by atoms with Gasteiger partial charge in [-0.1, -0.05) is 74.6 Å². The summed E-state index contributed by atoms with van der Waals surface area (Å²) in [7, 11) is 0. The van der Waals surface area contributed by atoms with Gasteiger partial charge in [0.2, 0.25) is 0 Å². The van der Waals surface area contributed by atoms with Gasteiger partial charge >= 0.3 is 0 Å². The van der Waals surface area contributed by atoms with Crippen molar-refractivity contribution in [3.63, 3.8) is 0 Å². The predicted octanol–water partition coefficient (Wildman–Crippen LogP) is 7.02. The molecule has 0 radical (unpaired) electrons. The van der Waals surface area contributed by atoms with Crippen molar-refractivity contribution in [2.24, 2.45) is 0 Å². The van der Waals surface area contributed by atoms with Gasteiger partial charge in [0.25, 0.3) is 0 Å². The van der Waals surface area contributed by atoms with E-state index in [9.17, 15) is 5.11 Å². The van der Waals surface area contributed by atoms with E-state index in [2.05, 4.69) is 74.6 Å². The van der Waals surface area contributed by atoms with E-state index in [-0.39, 0.29) is 0 Å². The minimum atomic E-state index is 0.301. The first kappa shape index (κ1) is 24.0. The first-order chi connectivity index (χ1) is 12.3. The molecule has 0 rings (SSSR count). The Hall–Kier alpha value is -0.990. The first-order valence-corrected chi connectivity index (χ1v) is 10.9. The average molecular weight is 363 g/mol. The number of thioether (sulfide) groups is 1. The van der Waals surface area contributed by atoms with Crippen LogP contribution in [0.5, 0.6) is 0 Å². The minimum Gasteiger partial charge on any atom is -0.395 e. The molecule has 0 aromatic heterocycles. The van der Waals surface area contributed by atoms with E-state index >= 15 is 0 Å². The van der Waals surface area contributed by atoms with Gasteiger partial charge in [0, 0.05) is 5.25 Å². The molecule has 0 aromatic rings. The van der Waals surface area contributed by atoms with Gasteiger partial charge in [-0.2, -0.15) is 11.8 Å². The number of hydrogen-bond donors (Lipinski definition) is 1. The third-order valence-electron chi connectivity index (χ3n) is 3.57. The van der Waals surface area contributed by atoms with Gasteiger partial charge in [0.15, 0.2) is 0 Å². The Kier molecular flexibility index (Phi) is 20.2. The molecule has 0 bridgehead atoms. The Balaban J connectivity index is 3.58. The van der Waals surface area contributed by atoms with Crippen LogP contribution in [-0.4, -0.2) is 22.7 Å². The number of aliphatic hydroxyl groups is 1. The molecule has 1 N–H and O–H groups in total. The van der Waals surface area contributed by atoms with E-state index in [4.69, 9.17) is 0 Å². The van der Waals surface area contributed by atoms with Gasteiger partial charge in [-0.05, 0) is 57.1 Å². The summed E-state index contributed by atoms with van der Waals surface area (Å²) in [5.74, 6) is 1.15. The Labute approximate surface area is 160 Å². The lowest BCUT2D eigenvalue weighted by molar-refractivity contribution is 0.291. The monoisotopic (exact) mass is 362 g/mol. The molecule has 0 amide bonds. The van der Waals surface area contributed by atoms with E-state index in [1.54, 1.807) is 0 Å². The van der Waals surface area contributed by atoms with Gasteiger partial charge < -0.3 is 5.11 Å². The van der Waals surface area contributed by atoms with Crippen molar-refractivity contribution in [2.45, 2.75) is 70.5 Å². The SMILES string of the molecule is CCC=CCC=CCC=CCC=CCC=CCCC(CO)SCCC. The Morgan fingerprint density at radius 2 is 1.20 bits per heavy atom. The van der Waals surface area contributed by atoms with Crippen LogP contribution in [0.3, 0.4) is 0 Å². The van der Waals surface area contributed by atoms with E-state index in [1.165, 1.54) is 6.42 Å². The summed E-state index contributed by atoms with van der Waals surface area (Å²) >= 11 is 1.90. The van der Waals surface area contributed by atoms with Crippen molar-refractivity contribution < 1.29 is 5.11 Å². The third-order valence-corrected chi connectivity index (χ3v) is 5.07. The molecule has 2 heteroatoms. The van der Waals surface area contributed by atoms with Crippen molar-refractivity contribution in [1.82, 2.24) is 0 Å². The Bertz CT molecular complexity index is 404. The maximum Gasteiger partial charge on any atom is 0.0550 e. The molecule has 0 aliphatic carbocycles. The number of hydrogen-bond acceptors (Lipinski definition) is 2. The zero-order valence-electron chi connectivity index (χ0n) is 16.3. The largest absolute Gasteiger partial charge is 0.395 e. The fraction of sp³-hybridized carbons (Fsp3) is 0.565. The van der Waals surface area contributed by atoms with Crippen LogP contribution in [0.2, 0.25) is 0 Å².